The third kappa shape index (κ3) is 1.92. The molecule has 6 nitrogen and oxygen atoms in total. The molecule has 1 saturated carbocycles. The Morgan fingerprint density at radius 3 is 3.00 bits per heavy atom. The van der Waals surface area contributed by atoms with Crippen LogP contribution in [0.25, 0.3) is 0 Å². The van der Waals surface area contributed by atoms with Crippen molar-refractivity contribution in [1.29, 1.82) is 0 Å². The molecule has 1 heterocycles. The number of amides is 1. The van der Waals surface area contributed by atoms with Crippen molar-refractivity contribution < 1.29 is 4.79 Å². The first-order chi connectivity index (χ1) is 7.66. The summed E-state index contributed by atoms with van der Waals surface area (Å²) in [7, 11) is 0. The van der Waals surface area contributed by atoms with Crippen LogP contribution in [-0.4, -0.2) is 27.6 Å². The summed E-state index contributed by atoms with van der Waals surface area (Å²) in [5.74, 6) is 1.29. The summed E-state index contributed by atoms with van der Waals surface area (Å²) >= 11 is 0. The van der Waals surface area contributed by atoms with E-state index in [-0.39, 0.29) is 11.3 Å². The zero-order valence-electron chi connectivity index (χ0n) is 9.36. The first-order valence-electron chi connectivity index (χ1n) is 5.49. The number of rotatable bonds is 4. The molecule has 6 heteroatoms. The molecule has 1 aliphatic carbocycles. The molecule has 1 amide bonds. The van der Waals surface area contributed by atoms with Crippen molar-refractivity contribution in [3.63, 3.8) is 0 Å². The largest absolute Gasteiger partial charge is 0.348 e. The van der Waals surface area contributed by atoms with Crippen LogP contribution in [-0.2, 0) is 11.3 Å². The Morgan fingerprint density at radius 1 is 1.75 bits per heavy atom. The Morgan fingerprint density at radius 2 is 2.50 bits per heavy atom. The standard InChI is InChI=1S/C10H17N5O/c1-7-2-10(3-7,5-11)9(16)12-4-8-13-6-14-15-8/h6-7H,2-5,11H2,1H3,(H,12,16)(H,13,14,15). The molecule has 0 radical (unpaired) electrons. The van der Waals surface area contributed by atoms with Gasteiger partial charge in [-0.05, 0) is 18.8 Å². The number of H-pyrrole nitrogens is 1. The van der Waals surface area contributed by atoms with E-state index in [1.807, 2.05) is 0 Å². The number of aromatic nitrogens is 3. The number of nitrogens with one attached hydrogen (secondary N) is 2. The van der Waals surface area contributed by atoms with Crippen molar-refractivity contribution in [2.45, 2.75) is 26.3 Å². The lowest BCUT2D eigenvalue weighted by atomic mass is 9.62. The lowest BCUT2D eigenvalue weighted by Gasteiger charge is -2.44. The molecule has 1 aliphatic rings. The van der Waals surface area contributed by atoms with Gasteiger partial charge < -0.3 is 11.1 Å². The lowest BCUT2D eigenvalue weighted by molar-refractivity contribution is -0.138. The Bertz CT molecular complexity index is 355. The number of hydrogen-bond donors (Lipinski definition) is 3. The summed E-state index contributed by atoms with van der Waals surface area (Å²) in [5, 5.41) is 9.26. The van der Waals surface area contributed by atoms with Gasteiger partial charge in [0.1, 0.15) is 12.2 Å². The minimum atomic E-state index is -0.348. The number of nitrogens with zero attached hydrogens (tertiary/aromatic N) is 2. The molecule has 0 spiro atoms. The number of carbonyl (C=O) groups excluding carboxylic acids is 1. The van der Waals surface area contributed by atoms with Crippen LogP contribution < -0.4 is 11.1 Å². The molecule has 88 valence electrons. The monoisotopic (exact) mass is 223 g/mol. The molecule has 4 N–H and O–H groups in total. The second kappa shape index (κ2) is 4.21. The van der Waals surface area contributed by atoms with E-state index < -0.39 is 0 Å². The Balaban J connectivity index is 1.88. The maximum Gasteiger partial charge on any atom is 0.227 e. The average Bonchev–Trinajstić information content (AvgIpc) is 2.73. The first-order valence-corrected chi connectivity index (χ1v) is 5.49. The van der Waals surface area contributed by atoms with Gasteiger partial charge in [0, 0.05) is 6.54 Å². The fourth-order valence-corrected chi connectivity index (χ4v) is 2.39. The summed E-state index contributed by atoms with van der Waals surface area (Å²) < 4.78 is 0. The van der Waals surface area contributed by atoms with Gasteiger partial charge in [-0.2, -0.15) is 5.10 Å². The molecule has 2 rings (SSSR count). The summed E-state index contributed by atoms with van der Waals surface area (Å²) in [4.78, 5) is 15.9. The first kappa shape index (κ1) is 11.1. The zero-order chi connectivity index (χ0) is 11.6. The van der Waals surface area contributed by atoms with Crippen LogP contribution in [0.1, 0.15) is 25.6 Å². The van der Waals surface area contributed by atoms with Gasteiger partial charge in [0.25, 0.3) is 0 Å². The van der Waals surface area contributed by atoms with E-state index in [1.165, 1.54) is 6.33 Å². The minimum absolute atomic E-state index is 0.0319. The van der Waals surface area contributed by atoms with E-state index in [2.05, 4.69) is 27.4 Å². The molecule has 1 aromatic heterocycles. The summed E-state index contributed by atoms with van der Waals surface area (Å²) in [6.45, 7) is 2.94. The Hall–Kier alpha value is -1.43. The quantitative estimate of drug-likeness (QED) is 0.658. The fraction of sp³-hybridized carbons (Fsp3) is 0.700. The normalized spacial score (nSPS) is 28.5. The van der Waals surface area contributed by atoms with Gasteiger partial charge in [0.05, 0.1) is 12.0 Å². The predicted molar refractivity (Wildman–Crippen MR) is 58.1 cm³/mol. The highest BCUT2D eigenvalue weighted by Crippen LogP contribution is 2.44. The third-order valence-electron chi connectivity index (χ3n) is 3.23. The van der Waals surface area contributed by atoms with Crippen LogP contribution in [0.3, 0.4) is 0 Å². The minimum Gasteiger partial charge on any atom is -0.348 e. The number of hydrogen-bond acceptors (Lipinski definition) is 4. The molecule has 0 saturated heterocycles. The van der Waals surface area contributed by atoms with Gasteiger partial charge in [-0.15, -0.1) is 0 Å². The molecule has 0 unspecified atom stereocenters. The van der Waals surface area contributed by atoms with Crippen molar-refractivity contribution in [3.05, 3.63) is 12.2 Å². The SMILES string of the molecule is CC1CC(CN)(C(=O)NCc2ncn[nH]2)C1. The number of carbonyl (C=O) groups is 1. The predicted octanol–water partition coefficient (Wildman–Crippen LogP) is -0.204. The highest BCUT2D eigenvalue weighted by molar-refractivity contribution is 5.83. The lowest BCUT2D eigenvalue weighted by Crippen LogP contribution is -2.53. The molecule has 0 atom stereocenters. The van der Waals surface area contributed by atoms with Crippen molar-refractivity contribution in [2.75, 3.05) is 6.54 Å². The smallest absolute Gasteiger partial charge is 0.227 e. The van der Waals surface area contributed by atoms with Gasteiger partial charge >= 0.3 is 0 Å². The maximum atomic E-state index is 12.0. The van der Waals surface area contributed by atoms with E-state index in [9.17, 15) is 4.79 Å². The molecule has 0 bridgehead atoms. The summed E-state index contributed by atoms with van der Waals surface area (Å²) in [6, 6.07) is 0. The van der Waals surface area contributed by atoms with Gasteiger partial charge in [-0.1, -0.05) is 6.92 Å². The topological polar surface area (TPSA) is 96.7 Å². The van der Waals surface area contributed by atoms with Crippen LogP contribution in [0.4, 0.5) is 0 Å². The molecular formula is C10H17N5O. The molecule has 16 heavy (non-hydrogen) atoms. The number of aromatic amines is 1. The van der Waals surface area contributed by atoms with Gasteiger partial charge in [-0.3, -0.25) is 9.89 Å². The van der Waals surface area contributed by atoms with Crippen LogP contribution >= 0.6 is 0 Å². The molecule has 1 aromatic rings. The number of nitrogens with two attached hydrogens (primary N) is 1. The van der Waals surface area contributed by atoms with E-state index in [4.69, 9.17) is 5.73 Å². The van der Waals surface area contributed by atoms with Crippen molar-refractivity contribution in [2.24, 2.45) is 17.1 Å². The van der Waals surface area contributed by atoms with Crippen molar-refractivity contribution in [1.82, 2.24) is 20.5 Å². The molecule has 0 aromatic carbocycles. The second-order valence-corrected chi connectivity index (χ2v) is 4.61. The highest BCUT2D eigenvalue weighted by atomic mass is 16.2. The highest BCUT2D eigenvalue weighted by Gasteiger charge is 2.46. The van der Waals surface area contributed by atoms with E-state index in [0.29, 0.717) is 24.8 Å². The van der Waals surface area contributed by atoms with E-state index in [1.54, 1.807) is 0 Å². The Kier molecular flexibility index (Phi) is 2.91. The summed E-state index contributed by atoms with van der Waals surface area (Å²) in [6.07, 6.45) is 3.18. The summed E-state index contributed by atoms with van der Waals surface area (Å²) in [5.41, 5.74) is 5.34. The fourth-order valence-electron chi connectivity index (χ4n) is 2.39. The third-order valence-corrected chi connectivity index (χ3v) is 3.23. The Labute approximate surface area is 94.0 Å². The molecule has 1 fully saturated rings. The van der Waals surface area contributed by atoms with Gasteiger partial charge in [0.15, 0.2) is 0 Å². The molecule has 0 aliphatic heterocycles. The van der Waals surface area contributed by atoms with Crippen LogP contribution in [0.15, 0.2) is 6.33 Å². The van der Waals surface area contributed by atoms with Crippen LogP contribution in [0.2, 0.25) is 0 Å². The van der Waals surface area contributed by atoms with Crippen LogP contribution in [0, 0.1) is 11.3 Å². The average molecular weight is 223 g/mol. The van der Waals surface area contributed by atoms with Crippen molar-refractivity contribution in [3.8, 4) is 0 Å². The maximum absolute atomic E-state index is 12.0. The zero-order valence-corrected chi connectivity index (χ0v) is 9.36. The van der Waals surface area contributed by atoms with Gasteiger partial charge in [-0.25, -0.2) is 4.98 Å². The van der Waals surface area contributed by atoms with E-state index >= 15 is 0 Å². The molecular weight excluding hydrogens is 206 g/mol. The van der Waals surface area contributed by atoms with E-state index in [0.717, 1.165) is 12.8 Å². The van der Waals surface area contributed by atoms with Gasteiger partial charge in [0.2, 0.25) is 5.91 Å². The van der Waals surface area contributed by atoms with Crippen LogP contribution in [0.5, 0.6) is 0 Å². The van der Waals surface area contributed by atoms with Crippen molar-refractivity contribution >= 4 is 5.91 Å². The second-order valence-electron chi connectivity index (χ2n) is 4.61.